The van der Waals surface area contributed by atoms with E-state index in [0.717, 1.165) is 0 Å². The molecule has 0 aromatic heterocycles. The van der Waals surface area contributed by atoms with E-state index in [9.17, 15) is 8.42 Å². The van der Waals surface area contributed by atoms with Gasteiger partial charge in [-0.2, -0.15) is 4.31 Å². The van der Waals surface area contributed by atoms with Crippen LogP contribution in [0, 0.1) is 11.8 Å². The minimum atomic E-state index is -3.51. The van der Waals surface area contributed by atoms with Crippen molar-refractivity contribution in [3.63, 3.8) is 0 Å². The molecule has 1 rings (SSSR count). The lowest BCUT2D eigenvalue weighted by Crippen LogP contribution is -2.33. The molecule has 20 heavy (non-hydrogen) atoms. The first-order chi connectivity index (χ1) is 9.37. The molecule has 0 saturated heterocycles. The van der Waals surface area contributed by atoms with Gasteiger partial charge in [-0.25, -0.2) is 8.42 Å². The first-order valence-electron chi connectivity index (χ1n) is 6.19. The Hall–Kier alpha value is -1.39. The summed E-state index contributed by atoms with van der Waals surface area (Å²) in [6.45, 7) is 0.821. The van der Waals surface area contributed by atoms with Gasteiger partial charge in [-0.3, -0.25) is 0 Å². The topological polar surface area (TPSA) is 60.9 Å². The molecule has 0 aliphatic heterocycles. The highest BCUT2D eigenvalue weighted by molar-refractivity contribution is 7.89. The highest BCUT2D eigenvalue weighted by Gasteiger charge is 2.20. The van der Waals surface area contributed by atoms with E-state index >= 15 is 0 Å². The van der Waals surface area contributed by atoms with Gasteiger partial charge in [-0.15, -0.1) is 0 Å². The molecule has 5 nitrogen and oxygen atoms in total. The van der Waals surface area contributed by atoms with E-state index in [2.05, 4.69) is 11.8 Å². The largest absolute Gasteiger partial charge is 0.384 e. The Kier molecular flexibility index (Phi) is 6.17. The van der Waals surface area contributed by atoms with Crippen LogP contribution < -0.4 is 0 Å². The summed E-state index contributed by atoms with van der Waals surface area (Å²) < 4.78 is 26.1. The summed E-state index contributed by atoms with van der Waals surface area (Å²) in [6, 6.07) is 6.42. The maximum Gasteiger partial charge on any atom is 0.242 e. The fourth-order valence-corrected chi connectivity index (χ4v) is 2.73. The Bertz CT molecular complexity index is 600. The average molecular weight is 296 g/mol. The lowest BCUT2D eigenvalue weighted by molar-refractivity contribution is 0.350. The minimum absolute atomic E-state index is 0.212. The number of sulfonamides is 1. The molecule has 1 aromatic carbocycles. The minimum Gasteiger partial charge on any atom is -0.384 e. The Morgan fingerprint density at radius 2 is 1.90 bits per heavy atom. The molecule has 0 saturated carbocycles. The molecular formula is C14H20N2O3S. The van der Waals surface area contributed by atoms with Crippen molar-refractivity contribution in [3.05, 3.63) is 29.8 Å². The van der Waals surface area contributed by atoms with Crippen molar-refractivity contribution in [2.75, 3.05) is 40.8 Å². The van der Waals surface area contributed by atoms with Gasteiger partial charge in [0.1, 0.15) is 6.61 Å². The van der Waals surface area contributed by atoms with Crippen LogP contribution in [0.3, 0.4) is 0 Å². The molecule has 1 N–H and O–H groups in total. The zero-order chi connectivity index (χ0) is 15.2. The number of benzene rings is 1. The van der Waals surface area contributed by atoms with Crippen molar-refractivity contribution in [1.29, 1.82) is 0 Å². The van der Waals surface area contributed by atoms with Crippen molar-refractivity contribution in [3.8, 4) is 11.8 Å². The molecule has 0 heterocycles. The van der Waals surface area contributed by atoms with Crippen LogP contribution in [0.5, 0.6) is 0 Å². The number of aliphatic hydroxyl groups excluding tert-OH is 1. The number of likely N-dealkylation sites (N-methyl/N-ethyl adjacent to an activating group) is 2. The smallest absolute Gasteiger partial charge is 0.242 e. The van der Waals surface area contributed by atoms with Crippen LogP contribution in [-0.2, 0) is 10.0 Å². The predicted octanol–water partition coefficient (Wildman–Crippen LogP) is 0.212. The van der Waals surface area contributed by atoms with Gasteiger partial charge in [0.25, 0.3) is 0 Å². The average Bonchev–Trinajstić information content (AvgIpc) is 2.42. The third kappa shape index (κ3) is 4.62. The van der Waals surface area contributed by atoms with E-state index in [1.165, 1.54) is 10.4 Å². The Morgan fingerprint density at radius 1 is 1.20 bits per heavy atom. The molecule has 0 atom stereocenters. The second-order valence-electron chi connectivity index (χ2n) is 4.62. The van der Waals surface area contributed by atoms with Gasteiger partial charge < -0.3 is 10.0 Å². The molecule has 110 valence electrons. The fraction of sp³-hybridized carbons (Fsp3) is 0.429. The van der Waals surface area contributed by atoms with Crippen LogP contribution >= 0.6 is 0 Å². The summed E-state index contributed by atoms with van der Waals surface area (Å²) in [6.07, 6.45) is 0. The maximum absolute atomic E-state index is 12.4. The molecule has 6 heteroatoms. The first-order valence-corrected chi connectivity index (χ1v) is 7.63. The second-order valence-corrected chi connectivity index (χ2v) is 6.66. The summed E-state index contributed by atoms with van der Waals surface area (Å²) in [7, 11) is 1.84. The van der Waals surface area contributed by atoms with Crippen LogP contribution in [0.4, 0.5) is 0 Å². The predicted molar refractivity (Wildman–Crippen MR) is 78.8 cm³/mol. The van der Waals surface area contributed by atoms with E-state index in [0.29, 0.717) is 18.7 Å². The Labute approximate surface area is 120 Å². The Morgan fingerprint density at radius 3 is 2.50 bits per heavy atom. The Balaban J connectivity index is 2.97. The number of aliphatic hydroxyl groups is 1. The molecule has 0 aliphatic rings. The number of nitrogens with zero attached hydrogens (tertiary/aromatic N) is 2. The van der Waals surface area contributed by atoms with E-state index in [1.54, 1.807) is 25.2 Å². The van der Waals surface area contributed by atoms with Gasteiger partial charge in [-0.1, -0.05) is 17.9 Å². The van der Waals surface area contributed by atoms with Gasteiger partial charge >= 0.3 is 0 Å². The maximum atomic E-state index is 12.4. The SMILES string of the molecule is CN(C)CCN(C)S(=O)(=O)c1cccc(C#CCO)c1. The molecule has 1 aromatic rings. The van der Waals surface area contributed by atoms with Gasteiger partial charge in [0, 0.05) is 25.7 Å². The van der Waals surface area contributed by atoms with Gasteiger partial charge in [0.15, 0.2) is 0 Å². The van der Waals surface area contributed by atoms with Crippen molar-refractivity contribution in [1.82, 2.24) is 9.21 Å². The second kappa shape index (κ2) is 7.41. The highest BCUT2D eigenvalue weighted by Crippen LogP contribution is 2.15. The van der Waals surface area contributed by atoms with E-state index < -0.39 is 10.0 Å². The van der Waals surface area contributed by atoms with Gasteiger partial charge in [0.05, 0.1) is 4.90 Å². The molecule has 0 radical (unpaired) electrons. The lowest BCUT2D eigenvalue weighted by atomic mass is 10.2. The van der Waals surface area contributed by atoms with Crippen molar-refractivity contribution in [2.24, 2.45) is 0 Å². The summed E-state index contributed by atoms with van der Waals surface area (Å²) >= 11 is 0. The van der Waals surface area contributed by atoms with Crippen LogP contribution in [0.2, 0.25) is 0 Å². The lowest BCUT2D eigenvalue weighted by Gasteiger charge is -2.19. The molecule has 0 unspecified atom stereocenters. The van der Waals surface area contributed by atoms with Crippen molar-refractivity contribution >= 4 is 10.0 Å². The van der Waals surface area contributed by atoms with E-state index in [1.807, 2.05) is 19.0 Å². The van der Waals surface area contributed by atoms with Gasteiger partial charge in [0.2, 0.25) is 10.0 Å². The van der Waals surface area contributed by atoms with Gasteiger partial charge in [-0.05, 0) is 32.3 Å². The van der Waals surface area contributed by atoms with Crippen LogP contribution in [0.25, 0.3) is 0 Å². The monoisotopic (exact) mass is 296 g/mol. The van der Waals surface area contributed by atoms with Crippen LogP contribution in [0.15, 0.2) is 29.2 Å². The van der Waals surface area contributed by atoms with Crippen molar-refractivity contribution in [2.45, 2.75) is 4.90 Å². The number of hydrogen-bond donors (Lipinski definition) is 1. The van der Waals surface area contributed by atoms with Crippen LogP contribution in [0.1, 0.15) is 5.56 Å². The third-order valence-corrected chi connectivity index (χ3v) is 4.57. The summed E-state index contributed by atoms with van der Waals surface area (Å²) in [4.78, 5) is 2.14. The third-order valence-electron chi connectivity index (χ3n) is 2.72. The van der Waals surface area contributed by atoms with Crippen LogP contribution in [-0.4, -0.2) is 63.6 Å². The number of hydrogen-bond acceptors (Lipinski definition) is 4. The molecule has 0 amide bonds. The van der Waals surface area contributed by atoms with E-state index in [-0.39, 0.29) is 11.5 Å². The standard InChI is InChI=1S/C14H20N2O3S/c1-15(2)9-10-16(3)20(18,19)14-8-4-6-13(12-14)7-5-11-17/h4,6,8,12,17H,9-11H2,1-3H3. The summed E-state index contributed by atoms with van der Waals surface area (Å²) in [5.74, 6) is 5.21. The van der Waals surface area contributed by atoms with Crippen molar-refractivity contribution < 1.29 is 13.5 Å². The first kappa shape index (κ1) is 16.7. The molecule has 0 spiro atoms. The summed E-state index contributed by atoms with van der Waals surface area (Å²) in [5.41, 5.74) is 0.570. The molecule has 0 bridgehead atoms. The molecular weight excluding hydrogens is 276 g/mol. The highest BCUT2D eigenvalue weighted by atomic mass is 32.2. The van der Waals surface area contributed by atoms with E-state index in [4.69, 9.17) is 5.11 Å². The molecule has 0 aliphatic carbocycles. The normalized spacial score (nSPS) is 11.5. The molecule has 0 fully saturated rings. The zero-order valence-electron chi connectivity index (χ0n) is 12.0. The zero-order valence-corrected chi connectivity index (χ0v) is 12.8. The number of rotatable bonds is 5. The summed E-state index contributed by atoms with van der Waals surface area (Å²) in [5, 5.41) is 8.66. The quantitative estimate of drug-likeness (QED) is 0.789. The fourth-order valence-electron chi connectivity index (χ4n) is 1.52.